The molecule has 1 atom stereocenters. The van der Waals surface area contributed by atoms with E-state index in [9.17, 15) is 4.39 Å². The van der Waals surface area contributed by atoms with E-state index in [1.807, 2.05) is 0 Å². The van der Waals surface area contributed by atoms with Crippen LogP contribution < -0.4 is 0 Å². The topological polar surface area (TPSA) is 40.5 Å². The molecule has 0 rings (SSSR count). The van der Waals surface area contributed by atoms with Crippen LogP contribution in [-0.2, 0) is 0 Å². The highest BCUT2D eigenvalue weighted by Gasteiger charge is 2.23. The summed E-state index contributed by atoms with van der Waals surface area (Å²) in [7, 11) is 0. The van der Waals surface area contributed by atoms with Gasteiger partial charge in [0, 0.05) is 0 Å². The van der Waals surface area contributed by atoms with Crippen LogP contribution in [0.1, 0.15) is 13.8 Å². The summed E-state index contributed by atoms with van der Waals surface area (Å²) in [6.07, 6.45) is -1.26. The maximum Gasteiger partial charge on any atom is 0.118 e. The maximum atomic E-state index is 11.5. The van der Waals surface area contributed by atoms with E-state index in [-0.39, 0.29) is 0 Å². The predicted octanol–water partition coefficient (Wildman–Crippen LogP) is 0.0877. The van der Waals surface area contributed by atoms with Gasteiger partial charge in [-0.25, -0.2) is 4.39 Å². The lowest BCUT2D eigenvalue weighted by Gasteiger charge is -2.20. The standard InChI is InChI=1S/C5H11FO2/c1-5(2,8)4(7)3-6/h4,7-8H,3H2,1-2H3. The van der Waals surface area contributed by atoms with Crippen molar-refractivity contribution in [3.05, 3.63) is 0 Å². The lowest BCUT2D eigenvalue weighted by atomic mass is 10.0. The highest BCUT2D eigenvalue weighted by molar-refractivity contribution is 4.74. The van der Waals surface area contributed by atoms with Crippen molar-refractivity contribution >= 4 is 0 Å². The Kier molecular flexibility index (Phi) is 2.37. The Bertz CT molecular complexity index is 67.3. The van der Waals surface area contributed by atoms with Crippen molar-refractivity contribution in [3.63, 3.8) is 0 Å². The van der Waals surface area contributed by atoms with E-state index in [1.54, 1.807) is 0 Å². The van der Waals surface area contributed by atoms with Crippen LogP contribution in [0.3, 0.4) is 0 Å². The van der Waals surface area contributed by atoms with E-state index < -0.39 is 18.4 Å². The molecule has 0 heterocycles. The molecule has 0 bridgehead atoms. The Labute approximate surface area is 48.0 Å². The molecule has 0 aromatic carbocycles. The summed E-state index contributed by atoms with van der Waals surface area (Å²) in [5.41, 5.74) is -1.31. The molecule has 2 N–H and O–H groups in total. The summed E-state index contributed by atoms with van der Waals surface area (Å²) in [5.74, 6) is 0. The maximum absolute atomic E-state index is 11.5. The minimum atomic E-state index is -1.31. The fourth-order valence-electron chi connectivity index (χ4n) is 0.189. The third kappa shape index (κ3) is 2.23. The zero-order valence-electron chi connectivity index (χ0n) is 5.06. The van der Waals surface area contributed by atoms with Gasteiger partial charge in [0.2, 0.25) is 0 Å². The zero-order chi connectivity index (χ0) is 6.78. The SMILES string of the molecule is CC(C)(O)C(O)CF. The minimum absolute atomic E-state index is 0.899. The summed E-state index contributed by atoms with van der Waals surface area (Å²) in [6.45, 7) is 1.82. The highest BCUT2D eigenvalue weighted by atomic mass is 19.1. The molecule has 0 fully saturated rings. The van der Waals surface area contributed by atoms with Gasteiger partial charge < -0.3 is 10.2 Å². The first-order valence-corrected chi connectivity index (χ1v) is 2.45. The van der Waals surface area contributed by atoms with Crippen LogP contribution >= 0.6 is 0 Å². The van der Waals surface area contributed by atoms with Crippen LogP contribution in [0.2, 0.25) is 0 Å². The highest BCUT2D eigenvalue weighted by Crippen LogP contribution is 2.07. The van der Waals surface area contributed by atoms with Gasteiger partial charge in [0.05, 0.1) is 5.60 Å². The first-order chi connectivity index (χ1) is 3.48. The van der Waals surface area contributed by atoms with Crippen LogP contribution in [0, 0.1) is 0 Å². The number of aliphatic hydroxyl groups excluding tert-OH is 1. The van der Waals surface area contributed by atoms with Crippen molar-refractivity contribution in [1.29, 1.82) is 0 Å². The van der Waals surface area contributed by atoms with E-state index >= 15 is 0 Å². The molecule has 50 valence electrons. The second-order valence-electron chi connectivity index (χ2n) is 2.32. The largest absolute Gasteiger partial charge is 0.388 e. The van der Waals surface area contributed by atoms with Crippen molar-refractivity contribution in [2.45, 2.75) is 25.6 Å². The molecule has 0 aromatic rings. The molecule has 0 amide bonds. The molecule has 0 spiro atoms. The van der Waals surface area contributed by atoms with E-state index in [4.69, 9.17) is 10.2 Å². The molecule has 0 aliphatic rings. The summed E-state index contributed by atoms with van der Waals surface area (Å²) in [6, 6.07) is 0. The van der Waals surface area contributed by atoms with Crippen molar-refractivity contribution in [3.8, 4) is 0 Å². The van der Waals surface area contributed by atoms with Gasteiger partial charge in [-0.2, -0.15) is 0 Å². The van der Waals surface area contributed by atoms with E-state index in [1.165, 1.54) is 13.8 Å². The molecule has 0 aromatic heterocycles. The monoisotopic (exact) mass is 122 g/mol. The van der Waals surface area contributed by atoms with Gasteiger partial charge in [-0.15, -0.1) is 0 Å². The predicted molar refractivity (Wildman–Crippen MR) is 28.3 cm³/mol. The lowest BCUT2D eigenvalue weighted by Crippen LogP contribution is -2.37. The second-order valence-corrected chi connectivity index (χ2v) is 2.32. The first-order valence-electron chi connectivity index (χ1n) is 2.45. The van der Waals surface area contributed by atoms with Gasteiger partial charge in [-0.3, -0.25) is 0 Å². The van der Waals surface area contributed by atoms with Crippen LogP contribution in [0.5, 0.6) is 0 Å². The summed E-state index contributed by atoms with van der Waals surface area (Å²) >= 11 is 0. The van der Waals surface area contributed by atoms with Crippen molar-refractivity contribution < 1.29 is 14.6 Å². The quantitative estimate of drug-likeness (QED) is 0.545. The number of hydrogen-bond donors (Lipinski definition) is 2. The van der Waals surface area contributed by atoms with Crippen molar-refractivity contribution in [2.75, 3.05) is 6.67 Å². The molecule has 8 heavy (non-hydrogen) atoms. The molecule has 0 saturated heterocycles. The average molecular weight is 122 g/mol. The van der Waals surface area contributed by atoms with Crippen molar-refractivity contribution in [2.24, 2.45) is 0 Å². The number of alkyl halides is 1. The minimum Gasteiger partial charge on any atom is -0.388 e. The smallest absolute Gasteiger partial charge is 0.118 e. The second kappa shape index (κ2) is 2.42. The van der Waals surface area contributed by atoms with Crippen LogP contribution in [0.25, 0.3) is 0 Å². The van der Waals surface area contributed by atoms with Gasteiger partial charge in [0.15, 0.2) is 0 Å². The molecular formula is C5H11FO2. The van der Waals surface area contributed by atoms with E-state index in [0.717, 1.165) is 0 Å². The molecular weight excluding hydrogens is 111 g/mol. The lowest BCUT2D eigenvalue weighted by molar-refractivity contribution is -0.0573. The molecule has 2 nitrogen and oxygen atoms in total. The Morgan fingerprint density at radius 1 is 1.62 bits per heavy atom. The van der Waals surface area contributed by atoms with Crippen LogP contribution in [0.15, 0.2) is 0 Å². The average Bonchev–Trinajstić information content (AvgIpc) is 1.62. The molecule has 0 aliphatic heterocycles. The number of aliphatic hydroxyl groups is 2. The fourth-order valence-corrected chi connectivity index (χ4v) is 0.189. The van der Waals surface area contributed by atoms with Gasteiger partial charge in [0.25, 0.3) is 0 Å². The van der Waals surface area contributed by atoms with Crippen LogP contribution in [-0.4, -0.2) is 28.6 Å². The fraction of sp³-hybridized carbons (Fsp3) is 1.00. The number of halogens is 1. The molecule has 0 aliphatic carbocycles. The van der Waals surface area contributed by atoms with Crippen molar-refractivity contribution in [1.82, 2.24) is 0 Å². The molecule has 1 unspecified atom stereocenters. The summed E-state index contributed by atoms with van der Waals surface area (Å²) < 4.78 is 11.5. The normalized spacial score (nSPS) is 16.1. The van der Waals surface area contributed by atoms with Gasteiger partial charge in [-0.1, -0.05) is 0 Å². The number of rotatable bonds is 2. The molecule has 0 radical (unpaired) electrons. The molecule has 0 saturated carbocycles. The van der Waals surface area contributed by atoms with Gasteiger partial charge in [0.1, 0.15) is 12.8 Å². The van der Waals surface area contributed by atoms with Crippen LogP contribution in [0.4, 0.5) is 4.39 Å². The first kappa shape index (κ1) is 7.85. The Hall–Kier alpha value is -0.150. The zero-order valence-corrected chi connectivity index (χ0v) is 5.06. The Morgan fingerprint density at radius 2 is 2.00 bits per heavy atom. The summed E-state index contributed by atoms with van der Waals surface area (Å²) in [4.78, 5) is 0. The third-order valence-electron chi connectivity index (χ3n) is 0.962. The van der Waals surface area contributed by atoms with E-state index in [2.05, 4.69) is 0 Å². The van der Waals surface area contributed by atoms with Gasteiger partial charge in [-0.05, 0) is 13.8 Å². The summed E-state index contributed by atoms with van der Waals surface area (Å²) in [5, 5.41) is 17.4. The van der Waals surface area contributed by atoms with E-state index in [0.29, 0.717) is 0 Å². The Balaban J connectivity index is 3.62. The Morgan fingerprint density at radius 3 is 2.00 bits per heavy atom. The molecule has 3 heteroatoms. The third-order valence-corrected chi connectivity index (χ3v) is 0.962. The number of hydrogen-bond acceptors (Lipinski definition) is 2. The van der Waals surface area contributed by atoms with Gasteiger partial charge >= 0.3 is 0 Å².